The summed E-state index contributed by atoms with van der Waals surface area (Å²) in [7, 11) is 0. The van der Waals surface area contributed by atoms with Crippen molar-refractivity contribution in [1.82, 2.24) is 4.90 Å². The minimum Gasteiger partial charge on any atom is -0.395 e. The first-order valence-electron chi connectivity index (χ1n) is 6.35. The summed E-state index contributed by atoms with van der Waals surface area (Å²) >= 11 is 1.60. The Morgan fingerprint density at radius 1 is 1.50 bits per heavy atom. The van der Waals surface area contributed by atoms with Crippen LogP contribution >= 0.6 is 11.3 Å². The van der Waals surface area contributed by atoms with Crippen LogP contribution in [-0.4, -0.2) is 35.1 Å². The van der Waals surface area contributed by atoms with Crippen LogP contribution in [0.15, 0.2) is 23.6 Å². The summed E-state index contributed by atoms with van der Waals surface area (Å²) in [5, 5.41) is 11.0. The number of hydrogen-bond donors (Lipinski definition) is 1. The molecule has 1 amide bonds. The van der Waals surface area contributed by atoms with E-state index >= 15 is 0 Å². The average Bonchev–Trinajstić information content (AvgIpc) is 2.89. The van der Waals surface area contributed by atoms with Crippen molar-refractivity contribution in [1.29, 1.82) is 0 Å². The smallest absolute Gasteiger partial charge is 0.246 e. The van der Waals surface area contributed by atoms with Crippen LogP contribution in [0.5, 0.6) is 0 Å². The summed E-state index contributed by atoms with van der Waals surface area (Å²) in [4.78, 5) is 14.9. The van der Waals surface area contributed by atoms with Gasteiger partial charge in [0.25, 0.3) is 0 Å². The quantitative estimate of drug-likeness (QED) is 0.772. The van der Waals surface area contributed by atoms with Gasteiger partial charge in [-0.2, -0.15) is 0 Å². The van der Waals surface area contributed by atoms with Crippen LogP contribution < -0.4 is 0 Å². The highest BCUT2D eigenvalue weighted by molar-refractivity contribution is 7.10. The molecule has 0 radical (unpaired) electrons. The van der Waals surface area contributed by atoms with Gasteiger partial charge in [-0.05, 0) is 30.4 Å². The number of hydrogen-bond acceptors (Lipinski definition) is 3. The van der Waals surface area contributed by atoms with Gasteiger partial charge in [0, 0.05) is 23.5 Å². The van der Waals surface area contributed by atoms with E-state index in [4.69, 9.17) is 5.11 Å². The third-order valence-electron chi connectivity index (χ3n) is 2.94. The van der Waals surface area contributed by atoms with Gasteiger partial charge in [-0.1, -0.05) is 19.9 Å². The van der Waals surface area contributed by atoms with Gasteiger partial charge < -0.3 is 10.0 Å². The second kappa shape index (κ2) is 8.06. The lowest BCUT2D eigenvalue weighted by Gasteiger charge is -2.28. The number of carbonyl (C=O) groups excluding carboxylic acids is 1. The molecule has 1 N–H and O–H groups in total. The third kappa shape index (κ3) is 4.27. The van der Waals surface area contributed by atoms with Crippen LogP contribution in [0, 0.1) is 0 Å². The Labute approximate surface area is 113 Å². The van der Waals surface area contributed by atoms with Crippen molar-refractivity contribution >= 4 is 23.3 Å². The largest absolute Gasteiger partial charge is 0.395 e. The molecular weight excluding hydrogens is 246 g/mol. The van der Waals surface area contributed by atoms with Gasteiger partial charge >= 0.3 is 0 Å². The van der Waals surface area contributed by atoms with Crippen LogP contribution in [0.25, 0.3) is 6.08 Å². The van der Waals surface area contributed by atoms with E-state index in [1.165, 1.54) is 0 Å². The number of amides is 1. The number of carbonyl (C=O) groups is 1. The summed E-state index contributed by atoms with van der Waals surface area (Å²) in [5.41, 5.74) is 0. The van der Waals surface area contributed by atoms with E-state index in [9.17, 15) is 4.79 Å². The van der Waals surface area contributed by atoms with Crippen LogP contribution in [-0.2, 0) is 4.79 Å². The van der Waals surface area contributed by atoms with Gasteiger partial charge in [0.2, 0.25) is 5.91 Å². The molecule has 0 aliphatic heterocycles. The fraction of sp³-hybridized carbons (Fsp3) is 0.500. The van der Waals surface area contributed by atoms with E-state index in [-0.39, 0.29) is 18.6 Å². The van der Waals surface area contributed by atoms with Gasteiger partial charge in [-0.15, -0.1) is 11.3 Å². The second-order valence-electron chi connectivity index (χ2n) is 4.07. The first kappa shape index (κ1) is 14.9. The van der Waals surface area contributed by atoms with Crippen LogP contribution in [0.4, 0.5) is 0 Å². The fourth-order valence-corrected chi connectivity index (χ4v) is 2.56. The fourth-order valence-electron chi connectivity index (χ4n) is 1.95. The molecule has 0 fully saturated rings. The molecule has 0 saturated heterocycles. The zero-order valence-corrected chi connectivity index (χ0v) is 11.8. The van der Waals surface area contributed by atoms with Crippen molar-refractivity contribution < 1.29 is 9.90 Å². The molecule has 0 saturated carbocycles. The van der Waals surface area contributed by atoms with Gasteiger partial charge in [0.05, 0.1) is 6.61 Å². The second-order valence-corrected chi connectivity index (χ2v) is 5.05. The summed E-state index contributed by atoms with van der Waals surface area (Å²) in [5.74, 6) is -0.0221. The molecule has 1 aromatic rings. The summed E-state index contributed by atoms with van der Waals surface area (Å²) in [6.45, 7) is 4.54. The number of aliphatic hydroxyl groups excluding tert-OH is 1. The monoisotopic (exact) mass is 267 g/mol. The molecule has 4 heteroatoms. The molecule has 0 atom stereocenters. The van der Waals surface area contributed by atoms with Gasteiger partial charge in [0.15, 0.2) is 0 Å². The molecule has 18 heavy (non-hydrogen) atoms. The molecule has 1 rings (SSSR count). The molecule has 0 aliphatic carbocycles. The molecular formula is C14H21NO2S. The highest BCUT2D eigenvalue weighted by atomic mass is 32.1. The topological polar surface area (TPSA) is 40.5 Å². The predicted octanol–water partition coefficient (Wildman–Crippen LogP) is 2.77. The van der Waals surface area contributed by atoms with Crippen LogP contribution in [0.1, 0.15) is 31.6 Å². The molecule has 0 aliphatic rings. The number of aliphatic hydroxyl groups is 1. The zero-order valence-electron chi connectivity index (χ0n) is 11.0. The Bertz CT molecular complexity index is 369. The van der Waals surface area contributed by atoms with Crippen LogP contribution in [0.3, 0.4) is 0 Å². The van der Waals surface area contributed by atoms with Crippen molar-refractivity contribution in [2.75, 3.05) is 13.2 Å². The molecule has 100 valence electrons. The molecule has 1 aromatic heterocycles. The molecule has 3 nitrogen and oxygen atoms in total. The van der Waals surface area contributed by atoms with E-state index in [1.807, 2.05) is 23.6 Å². The predicted molar refractivity (Wildman–Crippen MR) is 76.5 cm³/mol. The lowest BCUT2D eigenvalue weighted by Crippen LogP contribution is -2.40. The molecule has 1 heterocycles. The minimum atomic E-state index is -0.0221. The van der Waals surface area contributed by atoms with Gasteiger partial charge in [0.1, 0.15) is 0 Å². The molecule has 0 spiro atoms. The zero-order chi connectivity index (χ0) is 13.4. The van der Waals surface area contributed by atoms with Crippen molar-refractivity contribution in [3.63, 3.8) is 0 Å². The van der Waals surface area contributed by atoms with Gasteiger partial charge in [-0.25, -0.2) is 0 Å². The molecule has 0 aromatic carbocycles. The first-order chi connectivity index (χ1) is 8.72. The van der Waals surface area contributed by atoms with Crippen molar-refractivity contribution in [3.05, 3.63) is 28.5 Å². The van der Waals surface area contributed by atoms with E-state index in [0.29, 0.717) is 6.54 Å². The maximum absolute atomic E-state index is 12.1. The maximum Gasteiger partial charge on any atom is 0.246 e. The average molecular weight is 267 g/mol. The standard InChI is InChI=1S/C14H21NO2S/c1-3-12(4-2)15(9-10-16)14(17)8-7-13-6-5-11-18-13/h5-8,11-12,16H,3-4,9-10H2,1-2H3/b8-7+. The highest BCUT2D eigenvalue weighted by Gasteiger charge is 2.18. The maximum atomic E-state index is 12.1. The first-order valence-corrected chi connectivity index (χ1v) is 7.23. The number of rotatable bonds is 7. The van der Waals surface area contributed by atoms with Crippen molar-refractivity contribution in [2.45, 2.75) is 32.7 Å². The summed E-state index contributed by atoms with van der Waals surface area (Å²) in [6, 6.07) is 4.14. The van der Waals surface area contributed by atoms with E-state index in [0.717, 1.165) is 17.7 Å². The Hall–Kier alpha value is -1.13. The lowest BCUT2D eigenvalue weighted by atomic mass is 10.1. The lowest BCUT2D eigenvalue weighted by molar-refractivity contribution is -0.128. The Balaban J connectivity index is 2.70. The Morgan fingerprint density at radius 3 is 2.72 bits per heavy atom. The third-order valence-corrected chi connectivity index (χ3v) is 3.78. The van der Waals surface area contributed by atoms with Crippen molar-refractivity contribution in [3.8, 4) is 0 Å². The van der Waals surface area contributed by atoms with Crippen molar-refractivity contribution in [2.24, 2.45) is 0 Å². The normalized spacial score (nSPS) is 11.3. The minimum absolute atomic E-state index is 0.00901. The number of nitrogens with zero attached hydrogens (tertiary/aromatic N) is 1. The van der Waals surface area contributed by atoms with E-state index in [1.54, 1.807) is 22.3 Å². The summed E-state index contributed by atoms with van der Waals surface area (Å²) < 4.78 is 0. The summed E-state index contributed by atoms with van der Waals surface area (Å²) in [6.07, 6.45) is 5.25. The Kier molecular flexibility index (Phi) is 6.68. The highest BCUT2D eigenvalue weighted by Crippen LogP contribution is 2.13. The van der Waals surface area contributed by atoms with E-state index < -0.39 is 0 Å². The van der Waals surface area contributed by atoms with Gasteiger partial charge in [-0.3, -0.25) is 4.79 Å². The molecule has 0 unspecified atom stereocenters. The number of thiophene rings is 1. The Morgan fingerprint density at radius 2 is 2.22 bits per heavy atom. The SMILES string of the molecule is CCC(CC)N(CCO)C(=O)/C=C/c1cccs1. The van der Waals surface area contributed by atoms with Crippen LogP contribution in [0.2, 0.25) is 0 Å². The molecule has 0 bridgehead atoms. The van der Waals surface area contributed by atoms with E-state index in [2.05, 4.69) is 13.8 Å².